The van der Waals surface area contributed by atoms with E-state index < -0.39 is 0 Å². The minimum Gasteiger partial charge on any atom is -0.306 e. The van der Waals surface area contributed by atoms with Crippen LogP contribution in [0.25, 0.3) is 22.4 Å². The normalized spacial score (nSPS) is 16.6. The molecule has 0 aliphatic carbocycles. The molecule has 5 heterocycles. The van der Waals surface area contributed by atoms with Gasteiger partial charge in [0.1, 0.15) is 5.65 Å². The average Bonchev–Trinajstić information content (AvgIpc) is 3.24. The molecule has 1 aliphatic heterocycles. The van der Waals surface area contributed by atoms with Crippen LogP contribution in [-0.4, -0.2) is 43.8 Å². The van der Waals surface area contributed by atoms with Crippen LogP contribution in [0, 0.1) is 12.7 Å². The SMILES string of the molecule is Cc1cn2cc(-c3cc(F)c4nc(C5CCN(C)CC5)cn4c3)ccc2n1. The highest BCUT2D eigenvalue weighted by Gasteiger charge is 2.21. The Morgan fingerprint density at radius 3 is 2.56 bits per heavy atom. The highest BCUT2D eigenvalue weighted by Crippen LogP contribution is 2.29. The molecular weight excluding hydrogens is 341 g/mol. The predicted octanol–water partition coefficient (Wildman–Crippen LogP) is 3.91. The van der Waals surface area contributed by atoms with E-state index >= 15 is 0 Å². The molecule has 138 valence electrons. The molecular formula is C21H22FN5. The van der Waals surface area contributed by atoms with Crippen LogP contribution in [0.4, 0.5) is 4.39 Å². The second-order valence-corrected chi connectivity index (χ2v) is 7.62. The molecule has 0 amide bonds. The summed E-state index contributed by atoms with van der Waals surface area (Å²) in [6, 6.07) is 5.52. The van der Waals surface area contributed by atoms with Crippen molar-refractivity contribution >= 4 is 11.3 Å². The van der Waals surface area contributed by atoms with E-state index in [4.69, 9.17) is 0 Å². The second-order valence-electron chi connectivity index (χ2n) is 7.62. The Morgan fingerprint density at radius 1 is 0.963 bits per heavy atom. The first-order chi connectivity index (χ1) is 13.1. The van der Waals surface area contributed by atoms with Gasteiger partial charge in [-0.1, -0.05) is 0 Å². The molecule has 5 nitrogen and oxygen atoms in total. The zero-order valence-electron chi connectivity index (χ0n) is 15.6. The number of hydrogen-bond acceptors (Lipinski definition) is 3. The van der Waals surface area contributed by atoms with Crippen molar-refractivity contribution in [2.45, 2.75) is 25.7 Å². The molecule has 1 saturated heterocycles. The highest BCUT2D eigenvalue weighted by atomic mass is 19.1. The largest absolute Gasteiger partial charge is 0.306 e. The average molecular weight is 363 g/mol. The van der Waals surface area contributed by atoms with Crippen molar-refractivity contribution < 1.29 is 4.39 Å². The third-order valence-corrected chi connectivity index (χ3v) is 5.57. The highest BCUT2D eigenvalue weighted by molar-refractivity contribution is 5.66. The van der Waals surface area contributed by atoms with Gasteiger partial charge in [-0.2, -0.15) is 0 Å². The van der Waals surface area contributed by atoms with Crippen molar-refractivity contribution in [3.8, 4) is 11.1 Å². The molecule has 0 bridgehead atoms. The van der Waals surface area contributed by atoms with Crippen molar-refractivity contribution in [2.75, 3.05) is 20.1 Å². The summed E-state index contributed by atoms with van der Waals surface area (Å²) in [5.41, 5.74) is 5.05. The molecule has 4 aromatic heterocycles. The third-order valence-electron chi connectivity index (χ3n) is 5.57. The monoisotopic (exact) mass is 363 g/mol. The minimum atomic E-state index is -0.284. The Bertz CT molecular complexity index is 1130. The molecule has 0 saturated carbocycles. The van der Waals surface area contributed by atoms with E-state index in [0.29, 0.717) is 11.6 Å². The van der Waals surface area contributed by atoms with Crippen LogP contribution in [0.15, 0.2) is 43.0 Å². The lowest BCUT2D eigenvalue weighted by molar-refractivity contribution is 0.253. The smallest absolute Gasteiger partial charge is 0.173 e. The van der Waals surface area contributed by atoms with Crippen LogP contribution < -0.4 is 0 Å². The molecule has 0 spiro atoms. The Hall–Kier alpha value is -2.73. The first-order valence-corrected chi connectivity index (χ1v) is 9.39. The Morgan fingerprint density at radius 2 is 1.74 bits per heavy atom. The van der Waals surface area contributed by atoms with Crippen LogP contribution in [0.2, 0.25) is 0 Å². The molecule has 0 radical (unpaired) electrons. The summed E-state index contributed by atoms with van der Waals surface area (Å²) < 4.78 is 18.6. The first-order valence-electron chi connectivity index (χ1n) is 9.39. The van der Waals surface area contributed by atoms with Gasteiger partial charge in [0.15, 0.2) is 11.5 Å². The Kier molecular flexibility index (Phi) is 3.75. The van der Waals surface area contributed by atoms with E-state index in [1.165, 1.54) is 0 Å². The second kappa shape index (κ2) is 6.16. The van der Waals surface area contributed by atoms with Crippen molar-refractivity contribution in [3.05, 3.63) is 60.2 Å². The molecule has 27 heavy (non-hydrogen) atoms. The molecule has 0 unspecified atom stereocenters. The fourth-order valence-corrected chi connectivity index (χ4v) is 4.02. The third kappa shape index (κ3) is 2.90. The van der Waals surface area contributed by atoms with Gasteiger partial charge < -0.3 is 13.7 Å². The van der Waals surface area contributed by atoms with E-state index in [9.17, 15) is 4.39 Å². The molecule has 4 aromatic rings. The van der Waals surface area contributed by atoms with E-state index in [1.54, 1.807) is 6.07 Å². The van der Waals surface area contributed by atoms with Crippen LogP contribution in [0.5, 0.6) is 0 Å². The van der Waals surface area contributed by atoms with Gasteiger partial charge in [0, 0.05) is 41.8 Å². The van der Waals surface area contributed by atoms with E-state index in [1.807, 2.05) is 52.6 Å². The molecule has 6 heteroatoms. The van der Waals surface area contributed by atoms with Crippen molar-refractivity contribution in [1.29, 1.82) is 0 Å². The molecule has 0 aromatic carbocycles. The minimum absolute atomic E-state index is 0.284. The van der Waals surface area contributed by atoms with Gasteiger partial charge in [0.05, 0.1) is 11.4 Å². The lowest BCUT2D eigenvalue weighted by atomic mass is 9.94. The summed E-state index contributed by atoms with van der Waals surface area (Å²) in [6.07, 6.45) is 10.1. The fourth-order valence-electron chi connectivity index (χ4n) is 4.02. The Balaban J connectivity index is 1.55. The van der Waals surface area contributed by atoms with Crippen molar-refractivity contribution in [3.63, 3.8) is 0 Å². The van der Waals surface area contributed by atoms with Crippen molar-refractivity contribution in [1.82, 2.24) is 23.7 Å². The zero-order chi connectivity index (χ0) is 18.5. The van der Waals surface area contributed by atoms with Gasteiger partial charge in [-0.05, 0) is 58.1 Å². The van der Waals surface area contributed by atoms with Crippen LogP contribution in [0.1, 0.15) is 30.1 Å². The van der Waals surface area contributed by atoms with E-state index in [0.717, 1.165) is 54.1 Å². The quantitative estimate of drug-likeness (QED) is 0.542. The standard InChI is InChI=1S/C21H22FN5/c1-14-10-26-11-16(3-4-20(26)23-14)17-9-18(22)21-24-19(13-27(21)12-17)15-5-7-25(2)8-6-15/h3-4,9-13,15H,5-8H2,1-2H3. The number of rotatable bonds is 2. The molecule has 1 fully saturated rings. The number of aromatic nitrogens is 4. The maximum atomic E-state index is 14.8. The molecule has 0 atom stereocenters. The number of likely N-dealkylation sites (tertiary alicyclic amines) is 1. The van der Waals surface area contributed by atoms with Gasteiger partial charge in [-0.15, -0.1) is 0 Å². The summed E-state index contributed by atoms with van der Waals surface area (Å²) in [7, 11) is 2.14. The number of halogens is 1. The number of nitrogens with zero attached hydrogens (tertiary/aromatic N) is 5. The fraction of sp³-hybridized carbons (Fsp3) is 0.333. The summed E-state index contributed by atoms with van der Waals surface area (Å²) >= 11 is 0. The summed E-state index contributed by atoms with van der Waals surface area (Å²) in [6.45, 7) is 4.10. The Labute approximate surface area is 157 Å². The number of aryl methyl sites for hydroxylation is 1. The lowest BCUT2D eigenvalue weighted by Gasteiger charge is -2.27. The van der Waals surface area contributed by atoms with Crippen LogP contribution >= 0.6 is 0 Å². The van der Waals surface area contributed by atoms with Gasteiger partial charge in [-0.25, -0.2) is 14.4 Å². The summed E-state index contributed by atoms with van der Waals surface area (Å²) in [4.78, 5) is 11.4. The molecule has 0 N–H and O–H groups in total. The first kappa shape index (κ1) is 16.4. The van der Waals surface area contributed by atoms with Crippen LogP contribution in [-0.2, 0) is 0 Å². The van der Waals surface area contributed by atoms with Gasteiger partial charge in [0.2, 0.25) is 0 Å². The summed E-state index contributed by atoms with van der Waals surface area (Å²) in [5.74, 6) is 0.128. The zero-order valence-corrected chi connectivity index (χ0v) is 15.6. The van der Waals surface area contributed by atoms with E-state index in [-0.39, 0.29) is 5.82 Å². The van der Waals surface area contributed by atoms with Gasteiger partial charge in [0.25, 0.3) is 0 Å². The predicted molar refractivity (Wildman–Crippen MR) is 104 cm³/mol. The maximum Gasteiger partial charge on any atom is 0.173 e. The number of piperidine rings is 1. The number of imidazole rings is 2. The van der Waals surface area contributed by atoms with Crippen LogP contribution in [0.3, 0.4) is 0 Å². The topological polar surface area (TPSA) is 37.8 Å². The molecule has 1 aliphatic rings. The van der Waals surface area contributed by atoms with Gasteiger partial charge >= 0.3 is 0 Å². The van der Waals surface area contributed by atoms with E-state index in [2.05, 4.69) is 21.9 Å². The number of hydrogen-bond donors (Lipinski definition) is 0. The molecule has 5 rings (SSSR count). The van der Waals surface area contributed by atoms with Crippen molar-refractivity contribution in [2.24, 2.45) is 0 Å². The number of fused-ring (bicyclic) bond motifs is 2. The number of pyridine rings is 2. The summed E-state index contributed by atoms with van der Waals surface area (Å²) in [5, 5.41) is 0. The van der Waals surface area contributed by atoms with Gasteiger partial charge in [-0.3, -0.25) is 0 Å². The maximum absolute atomic E-state index is 14.8. The lowest BCUT2D eigenvalue weighted by Crippen LogP contribution is -2.29.